The summed E-state index contributed by atoms with van der Waals surface area (Å²) >= 11 is 3.34. The van der Waals surface area contributed by atoms with Crippen LogP contribution in [0.4, 0.5) is 0 Å². The van der Waals surface area contributed by atoms with E-state index in [2.05, 4.69) is 31.4 Å². The van der Waals surface area contributed by atoms with Crippen LogP contribution in [-0.2, 0) is 4.84 Å². The van der Waals surface area contributed by atoms with E-state index in [1.54, 1.807) is 24.3 Å². The molecule has 0 radical (unpaired) electrons. The minimum atomic E-state index is -0.927. The number of pyridine rings is 1. The fourth-order valence-corrected chi connectivity index (χ4v) is 2.45. The van der Waals surface area contributed by atoms with Gasteiger partial charge in [0.2, 0.25) is 17.9 Å². The van der Waals surface area contributed by atoms with Crippen molar-refractivity contribution >= 4 is 27.5 Å². The van der Waals surface area contributed by atoms with Gasteiger partial charge in [0, 0.05) is 5.56 Å². The number of carbonyl (C=O) groups excluding carboxylic acids is 1. The predicted molar refractivity (Wildman–Crippen MR) is 88.5 cm³/mol. The second kappa shape index (κ2) is 6.47. The van der Waals surface area contributed by atoms with Gasteiger partial charge < -0.3 is 4.74 Å². The van der Waals surface area contributed by atoms with Crippen molar-refractivity contribution in [2.75, 3.05) is 7.11 Å². The number of carbonyl (C=O) groups is 1. The number of hydroxylamine groups is 1. The molecule has 3 rings (SSSR count). The minimum absolute atomic E-state index is 0.212. The Morgan fingerprint density at radius 3 is 2.70 bits per heavy atom. The number of hydrogen-bond donors (Lipinski definition) is 1. The highest BCUT2D eigenvalue weighted by Crippen LogP contribution is 2.23. The van der Waals surface area contributed by atoms with E-state index in [1.165, 1.54) is 7.11 Å². The van der Waals surface area contributed by atoms with Gasteiger partial charge in [-0.25, -0.2) is 20.3 Å². The van der Waals surface area contributed by atoms with Crippen molar-refractivity contribution in [1.29, 1.82) is 0 Å². The molecule has 1 N–H and O–H groups in total. The van der Waals surface area contributed by atoms with Gasteiger partial charge in [-0.05, 0) is 35.0 Å². The third-order valence-corrected chi connectivity index (χ3v) is 3.93. The minimum Gasteiger partial charge on any atom is -0.480 e. The molecule has 1 atom stereocenters. The maximum absolute atomic E-state index is 12.4. The molecule has 1 aromatic heterocycles. The number of Topliss-reactive ketones (excluding diaryl/α,β-unsaturated/α-hetero) is 1. The van der Waals surface area contributed by atoms with Crippen molar-refractivity contribution in [3.8, 4) is 5.88 Å². The largest absolute Gasteiger partial charge is 0.480 e. The van der Waals surface area contributed by atoms with Crippen LogP contribution in [0.1, 0.15) is 21.6 Å². The van der Waals surface area contributed by atoms with Crippen molar-refractivity contribution in [3.05, 3.63) is 57.7 Å². The fraction of sp³-hybridized carbons (Fsp3) is 0.188. The van der Waals surface area contributed by atoms with Crippen LogP contribution in [0, 0.1) is 6.92 Å². The van der Waals surface area contributed by atoms with Crippen LogP contribution < -0.4 is 10.2 Å². The van der Waals surface area contributed by atoms with Gasteiger partial charge >= 0.3 is 0 Å². The lowest BCUT2D eigenvalue weighted by molar-refractivity contribution is 0.0331. The number of aromatic nitrogens is 1. The number of amidine groups is 1. The van der Waals surface area contributed by atoms with Crippen LogP contribution >= 0.6 is 15.9 Å². The average Bonchev–Trinajstić information content (AvgIpc) is 3.05. The molecule has 0 bridgehead atoms. The molecule has 23 heavy (non-hydrogen) atoms. The molecular formula is C16H14BrN3O3. The Hall–Kier alpha value is -2.25. The summed E-state index contributed by atoms with van der Waals surface area (Å²) in [6, 6.07) is 10.8. The predicted octanol–water partition coefficient (Wildman–Crippen LogP) is 2.65. The van der Waals surface area contributed by atoms with Gasteiger partial charge in [0.1, 0.15) is 5.69 Å². The van der Waals surface area contributed by atoms with Crippen molar-refractivity contribution < 1.29 is 14.4 Å². The third-order valence-electron chi connectivity index (χ3n) is 3.32. The Balaban J connectivity index is 1.83. The van der Waals surface area contributed by atoms with E-state index in [9.17, 15) is 4.79 Å². The van der Waals surface area contributed by atoms with E-state index >= 15 is 0 Å². The summed E-state index contributed by atoms with van der Waals surface area (Å²) in [7, 11) is 1.53. The standard InChI is InChI=1S/C16H14BrN3O3/c1-9-3-5-10(6-4-9)13(21)16-19-14(20-23-16)12-8-7-11(17)15(18-12)22-2/h3-8,16H,1-2H3,(H,19,20). The molecule has 0 amide bonds. The van der Waals surface area contributed by atoms with E-state index in [-0.39, 0.29) is 5.78 Å². The number of rotatable bonds is 4. The number of benzene rings is 1. The van der Waals surface area contributed by atoms with Crippen LogP contribution in [0.5, 0.6) is 5.88 Å². The summed E-state index contributed by atoms with van der Waals surface area (Å²) in [6.45, 7) is 1.96. The van der Waals surface area contributed by atoms with Crippen LogP contribution in [0.3, 0.4) is 0 Å². The second-order valence-corrected chi connectivity index (χ2v) is 5.82. The Morgan fingerprint density at radius 1 is 1.26 bits per heavy atom. The smallest absolute Gasteiger partial charge is 0.239 e. The molecule has 1 aliphatic rings. The number of ketones is 1. The molecule has 0 fully saturated rings. The van der Waals surface area contributed by atoms with E-state index in [1.807, 2.05) is 19.1 Å². The van der Waals surface area contributed by atoms with Gasteiger partial charge in [-0.15, -0.1) is 0 Å². The average molecular weight is 376 g/mol. The normalized spacial score (nSPS) is 16.7. The van der Waals surface area contributed by atoms with Crippen LogP contribution in [0.2, 0.25) is 0 Å². The summed E-state index contributed by atoms with van der Waals surface area (Å²) in [4.78, 5) is 26.2. The number of halogens is 1. The molecule has 1 aromatic carbocycles. The monoisotopic (exact) mass is 375 g/mol. The first-order valence-electron chi connectivity index (χ1n) is 6.90. The molecule has 118 valence electrons. The molecule has 2 aromatic rings. The first-order valence-corrected chi connectivity index (χ1v) is 7.69. The highest BCUT2D eigenvalue weighted by Gasteiger charge is 2.28. The van der Waals surface area contributed by atoms with Crippen molar-refractivity contribution in [3.63, 3.8) is 0 Å². The topological polar surface area (TPSA) is 72.8 Å². The van der Waals surface area contributed by atoms with Crippen LogP contribution in [0.25, 0.3) is 0 Å². The molecule has 7 heteroatoms. The Kier molecular flexibility index (Phi) is 4.40. The SMILES string of the molecule is COc1nc(C2=NC(C(=O)c3ccc(C)cc3)ON2)ccc1Br. The lowest BCUT2D eigenvalue weighted by Crippen LogP contribution is -2.24. The van der Waals surface area contributed by atoms with Crippen molar-refractivity contribution in [2.24, 2.45) is 4.99 Å². The summed E-state index contributed by atoms with van der Waals surface area (Å²) in [5.41, 5.74) is 4.82. The maximum Gasteiger partial charge on any atom is 0.239 e. The lowest BCUT2D eigenvalue weighted by atomic mass is 10.1. The molecule has 1 aliphatic heterocycles. The first kappa shape index (κ1) is 15.6. The number of nitrogens with zero attached hydrogens (tertiary/aromatic N) is 2. The molecule has 2 heterocycles. The quantitative estimate of drug-likeness (QED) is 0.831. The van der Waals surface area contributed by atoms with Crippen molar-refractivity contribution in [1.82, 2.24) is 10.5 Å². The van der Waals surface area contributed by atoms with E-state index < -0.39 is 6.23 Å². The van der Waals surface area contributed by atoms with Gasteiger partial charge in [-0.3, -0.25) is 4.79 Å². The number of ether oxygens (including phenoxy) is 1. The number of hydrogen-bond acceptors (Lipinski definition) is 6. The molecule has 0 saturated carbocycles. The molecule has 6 nitrogen and oxygen atoms in total. The lowest BCUT2D eigenvalue weighted by Gasteiger charge is -2.05. The van der Waals surface area contributed by atoms with Gasteiger partial charge in [0.25, 0.3) is 0 Å². The number of methoxy groups -OCH3 is 1. The van der Waals surface area contributed by atoms with Gasteiger partial charge in [-0.2, -0.15) is 0 Å². The second-order valence-electron chi connectivity index (χ2n) is 4.97. The molecular weight excluding hydrogens is 362 g/mol. The maximum atomic E-state index is 12.4. The van der Waals surface area contributed by atoms with Gasteiger partial charge in [0.05, 0.1) is 11.6 Å². The van der Waals surface area contributed by atoms with E-state index in [0.717, 1.165) is 10.0 Å². The summed E-state index contributed by atoms with van der Waals surface area (Å²) in [5.74, 6) is 0.609. The van der Waals surface area contributed by atoms with E-state index in [0.29, 0.717) is 23.0 Å². The highest BCUT2D eigenvalue weighted by atomic mass is 79.9. The summed E-state index contributed by atoms with van der Waals surface area (Å²) in [6.07, 6.45) is -0.927. The number of nitrogens with one attached hydrogen (secondary N) is 1. The Bertz CT molecular complexity index is 775. The summed E-state index contributed by atoms with van der Waals surface area (Å²) < 4.78 is 5.88. The van der Waals surface area contributed by atoms with Gasteiger partial charge in [-0.1, -0.05) is 29.8 Å². The molecule has 0 spiro atoms. The third kappa shape index (κ3) is 3.25. The molecule has 0 aliphatic carbocycles. The number of aryl methyl sites for hydroxylation is 1. The van der Waals surface area contributed by atoms with Crippen molar-refractivity contribution in [2.45, 2.75) is 13.2 Å². The molecule has 0 saturated heterocycles. The molecule has 1 unspecified atom stereocenters. The van der Waals surface area contributed by atoms with E-state index in [4.69, 9.17) is 9.57 Å². The van der Waals surface area contributed by atoms with Crippen LogP contribution in [0.15, 0.2) is 45.9 Å². The zero-order valence-corrected chi connectivity index (χ0v) is 14.1. The fourth-order valence-electron chi connectivity index (χ4n) is 2.07. The van der Waals surface area contributed by atoms with Gasteiger partial charge in [0.15, 0.2) is 5.84 Å². The zero-order valence-electron chi connectivity index (χ0n) is 12.5. The first-order chi connectivity index (χ1) is 11.1. The summed E-state index contributed by atoms with van der Waals surface area (Å²) in [5, 5.41) is 0. The zero-order chi connectivity index (χ0) is 16.4. The number of aliphatic imine (C=N–C) groups is 1. The Labute approximate surface area is 141 Å². The Morgan fingerprint density at radius 2 is 2.00 bits per heavy atom. The highest BCUT2D eigenvalue weighted by molar-refractivity contribution is 9.10. The van der Waals surface area contributed by atoms with Crippen LogP contribution in [-0.4, -0.2) is 29.9 Å².